The molecule has 1 aromatic carbocycles. The van der Waals surface area contributed by atoms with Crippen molar-refractivity contribution in [1.29, 1.82) is 0 Å². The molecule has 0 saturated carbocycles. The number of imidazole rings is 1. The number of carbonyl (C=O) groups is 1. The maximum atomic E-state index is 11.0. The zero-order valence-corrected chi connectivity index (χ0v) is 9.61. The molecule has 0 saturated heterocycles. The van der Waals surface area contributed by atoms with Crippen molar-refractivity contribution in [1.82, 2.24) is 9.55 Å². The third-order valence-corrected chi connectivity index (χ3v) is 2.72. The fourth-order valence-corrected chi connectivity index (χ4v) is 1.95. The maximum absolute atomic E-state index is 11.0. The van der Waals surface area contributed by atoms with Gasteiger partial charge in [-0.25, -0.2) is 4.98 Å². The van der Waals surface area contributed by atoms with Crippen molar-refractivity contribution in [3.63, 3.8) is 0 Å². The zero-order valence-electron chi connectivity index (χ0n) is 8.85. The van der Waals surface area contributed by atoms with E-state index < -0.39 is 0 Å². The van der Waals surface area contributed by atoms with Crippen LogP contribution in [0.2, 0.25) is 5.02 Å². The van der Waals surface area contributed by atoms with Gasteiger partial charge >= 0.3 is 0 Å². The normalized spacial score (nSPS) is 10.4. The predicted molar refractivity (Wildman–Crippen MR) is 63.3 cm³/mol. The molecule has 0 radical (unpaired) electrons. The van der Waals surface area contributed by atoms with Crippen LogP contribution in [0, 0.1) is 0 Å². The minimum atomic E-state index is 0.553. The van der Waals surface area contributed by atoms with Gasteiger partial charge in [0.2, 0.25) is 0 Å². The Kier molecular flexibility index (Phi) is 3.06. The Hall–Kier alpha value is -1.61. The quantitative estimate of drug-likeness (QED) is 0.766. The average Bonchev–Trinajstić information content (AvgIpc) is 2.76. The molecule has 0 aliphatic rings. The van der Waals surface area contributed by atoms with Crippen molar-refractivity contribution in [3.05, 3.63) is 47.0 Å². The van der Waals surface area contributed by atoms with Crippen LogP contribution in [0.4, 0.5) is 0 Å². The summed E-state index contributed by atoms with van der Waals surface area (Å²) in [5.41, 5.74) is 1.27. The number of halogens is 1. The summed E-state index contributed by atoms with van der Waals surface area (Å²) in [6.07, 6.45) is 5.11. The Bertz CT molecular complexity index is 519. The zero-order chi connectivity index (χ0) is 11.5. The van der Waals surface area contributed by atoms with Crippen LogP contribution < -0.4 is 0 Å². The highest BCUT2D eigenvalue weighted by atomic mass is 35.5. The van der Waals surface area contributed by atoms with E-state index in [-0.39, 0.29) is 0 Å². The van der Waals surface area contributed by atoms with E-state index in [9.17, 15) is 4.79 Å². The highest BCUT2D eigenvalue weighted by Gasteiger charge is 2.11. The first kappa shape index (κ1) is 10.9. The first-order valence-electron chi connectivity index (χ1n) is 5.04. The van der Waals surface area contributed by atoms with E-state index in [1.54, 1.807) is 24.4 Å². The van der Waals surface area contributed by atoms with Crippen molar-refractivity contribution in [2.45, 2.75) is 13.3 Å². The van der Waals surface area contributed by atoms with Crippen LogP contribution in [0.15, 0.2) is 30.6 Å². The van der Waals surface area contributed by atoms with E-state index in [0.29, 0.717) is 16.3 Å². The summed E-state index contributed by atoms with van der Waals surface area (Å²) in [6.45, 7) is 2.01. The van der Waals surface area contributed by atoms with Crippen LogP contribution in [-0.2, 0) is 6.42 Å². The number of hydrogen-bond acceptors (Lipinski definition) is 2. The second-order valence-electron chi connectivity index (χ2n) is 3.36. The number of carbonyl (C=O) groups excluding carboxylic acids is 1. The van der Waals surface area contributed by atoms with Crippen molar-refractivity contribution in [2.24, 2.45) is 0 Å². The molecule has 0 bridgehead atoms. The number of hydrogen-bond donors (Lipinski definition) is 0. The Labute approximate surface area is 98.7 Å². The summed E-state index contributed by atoms with van der Waals surface area (Å²) in [7, 11) is 0. The van der Waals surface area contributed by atoms with E-state index >= 15 is 0 Å². The molecule has 16 heavy (non-hydrogen) atoms. The highest BCUT2D eigenvalue weighted by molar-refractivity contribution is 6.32. The lowest BCUT2D eigenvalue weighted by atomic mass is 10.2. The maximum Gasteiger partial charge on any atom is 0.152 e. The minimum absolute atomic E-state index is 0.553. The Morgan fingerprint density at radius 3 is 3.00 bits per heavy atom. The Morgan fingerprint density at radius 2 is 2.31 bits per heavy atom. The SMILES string of the molecule is CCc1nccn1-c1c(Cl)cccc1C=O. The second kappa shape index (κ2) is 4.49. The van der Waals surface area contributed by atoms with Gasteiger partial charge in [-0.05, 0) is 12.1 Å². The minimum Gasteiger partial charge on any atom is -0.302 e. The molecule has 0 aliphatic carbocycles. The number of rotatable bonds is 3. The van der Waals surface area contributed by atoms with Crippen LogP contribution in [0.5, 0.6) is 0 Å². The molecule has 1 heterocycles. The number of nitrogens with zero attached hydrogens (tertiary/aromatic N) is 2. The van der Waals surface area contributed by atoms with Crippen molar-refractivity contribution >= 4 is 17.9 Å². The molecule has 4 heteroatoms. The van der Waals surface area contributed by atoms with Gasteiger partial charge in [0, 0.05) is 24.4 Å². The van der Waals surface area contributed by atoms with E-state index in [2.05, 4.69) is 4.98 Å². The smallest absolute Gasteiger partial charge is 0.152 e. The number of aryl methyl sites for hydroxylation is 1. The van der Waals surface area contributed by atoms with E-state index in [1.165, 1.54) is 0 Å². The largest absolute Gasteiger partial charge is 0.302 e. The van der Waals surface area contributed by atoms with Gasteiger partial charge < -0.3 is 4.57 Å². The van der Waals surface area contributed by atoms with Gasteiger partial charge in [0.15, 0.2) is 6.29 Å². The first-order valence-corrected chi connectivity index (χ1v) is 5.42. The number of aromatic nitrogens is 2. The molecule has 0 atom stereocenters. The fourth-order valence-electron chi connectivity index (χ4n) is 1.68. The molecule has 2 aromatic rings. The molecule has 1 aromatic heterocycles. The molecular formula is C12H11ClN2O. The topological polar surface area (TPSA) is 34.9 Å². The molecule has 82 valence electrons. The molecule has 0 spiro atoms. The van der Waals surface area contributed by atoms with Crippen LogP contribution in [-0.4, -0.2) is 15.8 Å². The van der Waals surface area contributed by atoms with Gasteiger partial charge in [-0.2, -0.15) is 0 Å². The van der Waals surface area contributed by atoms with E-state index in [1.807, 2.05) is 17.7 Å². The first-order chi connectivity index (χ1) is 7.77. The Morgan fingerprint density at radius 1 is 1.50 bits per heavy atom. The molecule has 0 aliphatic heterocycles. The monoisotopic (exact) mass is 234 g/mol. The van der Waals surface area contributed by atoms with Crippen LogP contribution in [0.3, 0.4) is 0 Å². The van der Waals surface area contributed by atoms with E-state index in [4.69, 9.17) is 11.6 Å². The summed E-state index contributed by atoms with van der Waals surface area (Å²) >= 11 is 6.12. The van der Waals surface area contributed by atoms with Gasteiger partial charge in [0.05, 0.1) is 10.7 Å². The molecule has 0 amide bonds. The lowest BCUT2D eigenvalue weighted by Gasteiger charge is -2.10. The summed E-state index contributed by atoms with van der Waals surface area (Å²) < 4.78 is 1.85. The third kappa shape index (κ3) is 1.74. The molecule has 3 nitrogen and oxygen atoms in total. The van der Waals surface area contributed by atoms with Gasteiger partial charge in [-0.1, -0.05) is 24.6 Å². The standard InChI is InChI=1S/C12H11ClN2O/c1-2-11-14-6-7-15(11)12-9(8-16)4-3-5-10(12)13/h3-8H,2H2,1H3. The summed E-state index contributed by atoms with van der Waals surface area (Å²) in [5, 5.41) is 0.553. The fraction of sp³-hybridized carbons (Fsp3) is 0.167. The summed E-state index contributed by atoms with van der Waals surface area (Å²) in [6, 6.07) is 5.27. The number of benzene rings is 1. The van der Waals surface area contributed by atoms with Crippen molar-refractivity contribution in [3.8, 4) is 5.69 Å². The average molecular weight is 235 g/mol. The summed E-state index contributed by atoms with van der Waals surface area (Å²) in [5.74, 6) is 0.885. The van der Waals surface area contributed by atoms with Crippen molar-refractivity contribution < 1.29 is 4.79 Å². The van der Waals surface area contributed by atoms with E-state index in [0.717, 1.165) is 18.5 Å². The second-order valence-corrected chi connectivity index (χ2v) is 3.77. The van der Waals surface area contributed by atoms with Crippen molar-refractivity contribution in [2.75, 3.05) is 0 Å². The Balaban J connectivity index is 2.67. The molecular weight excluding hydrogens is 224 g/mol. The van der Waals surface area contributed by atoms with Gasteiger partial charge in [-0.3, -0.25) is 4.79 Å². The number of aldehydes is 1. The van der Waals surface area contributed by atoms with Gasteiger partial charge in [0.25, 0.3) is 0 Å². The van der Waals surface area contributed by atoms with Crippen LogP contribution in [0.1, 0.15) is 23.1 Å². The predicted octanol–water partition coefficient (Wildman–Crippen LogP) is 2.90. The molecule has 2 rings (SSSR count). The van der Waals surface area contributed by atoms with Gasteiger partial charge in [-0.15, -0.1) is 0 Å². The number of para-hydroxylation sites is 1. The molecule has 0 N–H and O–H groups in total. The summed E-state index contributed by atoms with van der Waals surface area (Å²) in [4.78, 5) is 15.2. The molecule has 0 fully saturated rings. The lowest BCUT2D eigenvalue weighted by molar-refractivity contribution is 0.112. The van der Waals surface area contributed by atoms with Crippen LogP contribution in [0.25, 0.3) is 5.69 Å². The van der Waals surface area contributed by atoms with Crippen LogP contribution >= 0.6 is 11.6 Å². The third-order valence-electron chi connectivity index (χ3n) is 2.42. The molecule has 0 unspecified atom stereocenters. The lowest BCUT2D eigenvalue weighted by Crippen LogP contribution is -2.03. The highest BCUT2D eigenvalue weighted by Crippen LogP contribution is 2.24. The van der Waals surface area contributed by atoms with Gasteiger partial charge in [0.1, 0.15) is 5.82 Å².